The molecule has 0 bridgehead atoms. The number of amides is 1. The van der Waals surface area contributed by atoms with Crippen molar-refractivity contribution in [2.45, 2.75) is 24.4 Å². The number of nitriles is 1. The molecule has 8 nitrogen and oxygen atoms in total. The van der Waals surface area contributed by atoms with Crippen molar-refractivity contribution < 1.29 is 17.6 Å². The van der Waals surface area contributed by atoms with Crippen LogP contribution in [0.5, 0.6) is 0 Å². The van der Waals surface area contributed by atoms with Crippen molar-refractivity contribution in [2.75, 3.05) is 19.3 Å². The second-order valence-electron chi connectivity index (χ2n) is 9.48. The molecule has 0 saturated heterocycles. The molecular formula is C29H26FN5O3S. The van der Waals surface area contributed by atoms with Crippen LogP contribution >= 0.6 is 0 Å². The van der Waals surface area contributed by atoms with E-state index in [1.165, 1.54) is 18.5 Å². The fraction of sp³-hybridized carbons (Fsp3) is 0.207. The molecule has 1 amide bonds. The number of halogens is 1. The van der Waals surface area contributed by atoms with Gasteiger partial charge in [-0.2, -0.15) is 9.65 Å². The van der Waals surface area contributed by atoms with Crippen LogP contribution in [0, 0.1) is 17.3 Å². The highest BCUT2D eigenvalue weighted by Gasteiger charge is 2.26. The second kappa shape index (κ2) is 10.8. The van der Waals surface area contributed by atoms with Gasteiger partial charge in [0, 0.05) is 56.1 Å². The number of pyridine rings is 1. The first-order valence-corrected chi connectivity index (χ1v) is 14.3. The highest BCUT2D eigenvalue weighted by atomic mass is 32.2. The quantitative estimate of drug-likeness (QED) is 0.364. The van der Waals surface area contributed by atoms with Gasteiger partial charge in [0.15, 0.2) is 9.84 Å². The molecule has 0 unspecified atom stereocenters. The minimum atomic E-state index is -3.23. The first-order chi connectivity index (χ1) is 18.7. The van der Waals surface area contributed by atoms with Gasteiger partial charge in [0.2, 0.25) is 5.95 Å². The largest absolute Gasteiger partial charge is 0.333 e. The average Bonchev–Trinajstić information content (AvgIpc) is 3.24. The van der Waals surface area contributed by atoms with Gasteiger partial charge in [0.25, 0.3) is 0 Å². The predicted molar refractivity (Wildman–Crippen MR) is 146 cm³/mol. The third-order valence-electron chi connectivity index (χ3n) is 6.78. The maximum absolute atomic E-state index is 13.5. The lowest BCUT2D eigenvalue weighted by atomic mass is 10.0. The summed E-state index contributed by atoms with van der Waals surface area (Å²) in [5.74, 6) is -0.602. The van der Waals surface area contributed by atoms with Gasteiger partial charge in [0.1, 0.15) is 0 Å². The van der Waals surface area contributed by atoms with Crippen LogP contribution in [0.2, 0.25) is 0 Å². The van der Waals surface area contributed by atoms with Crippen LogP contribution in [0.1, 0.15) is 27.9 Å². The zero-order valence-electron chi connectivity index (χ0n) is 21.3. The maximum atomic E-state index is 13.5. The second-order valence-corrected chi connectivity index (χ2v) is 11.5. The monoisotopic (exact) mass is 543 g/mol. The van der Waals surface area contributed by atoms with Gasteiger partial charge in [0.05, 0.1) is 22.0 Å². The number of hydrogen-bond acceptors (Lipinski definition) is 6. The summed E-state index contributed by atoms with van der Waals surface area (Å²) in [7, 11) is -3.23. The molecule has 3 heterocycles. The number of carbonyl (C=O) groups excluding carboxylic acids is 1. The van der Waals surface area contributed by atoms with Crippen LogP contribution in [0.15, 0.2) is 71.8 Å². The van der Waals surface area contributed by atoms with Crippen molar-refractivity contribution in [3.05, 3.63) is 101 Å². The van der Waals surface area contributed by atoms with Crippen molar-refractivity contribution >= 4 is 32.8 Å². The normalized spacial score (nSPS) is 13.9. The van der Waals surface area contributed by atoms with E-state index in [2.05, 4.69) is 21.3 Å². The molecule has 39 heavy (non-hydrogen) atoms. The summed E-state index contributed by atoms with van der Waals surface area (Å²) in [4.78, 5) is 19.4. The van der Waals surface area contributed by atoms with Crippen LogP contribution in [0.3, 0.4) is 0 Å². The van der Waals surface area contributed by atoms with E-state index in [1.807, 2.05) is 18.2 Å². The van der Waals surface area contributed by atoms with Gasteiger partial charge < -0.3 is 5.32 Å². The molecule has 0 atom stereocenters. The Kier molecular flexibility index (Phi) is 7.28. The lowest BCUT2D eigenvalue weighted by molar-refractivity contribution is 0.240. The number of nitrogens with zero attached hydrogens (tertiary/aromatic N) is 4. The Morgan fingerprint density at radius 3 is 2.69 bits per heavy atom. The summed E-state index contributed by atoms with van der Waals surface area (Å²) in [6, 6.07) is 16.9. The SMILES string of the molecule is CS(=O)(=O)c1ccc(/C=C/CN2CCc3c(c4cc(C#N)ccc4n3C(=O)NCc3ccnc(F)c3)C2)cc1. The molecule has 198 valence electrons. The van der Waals surface area contributed by atoms with Gasteiger partial charge in [-0.15, -0.1) is 0 Å². The molecule has 1 N–H and O–H groups in total. The van der Waals surface area contributed by atoms with Crippen molar-refractivity contribution in [3.63, 3.8) is 0 Å². The van der Waals surface area contributed by atoms with E-state index >= 15 is 0 Å². The minimum absolute atomic E-state index is 0.158. The molecule has 2 aromatic heterocycles. The summed E-state index contributed by atoms with van der Waals surface area (Å²) < 4.78 is 38.5. The molecule has 1 aliphatic rings. The van der Waals surface area contributed by atoms with E-state index in [0.717, 1.165) is 34.3 Å². The summed E-state index contributed by atoms with van der Waals surface area (Å²) >= 11 is 0. The van der Waals surface area contributed by atoms with E-state index in [1.54, 1.807) is 47.0 Å². The smallest absolute Gasteiger partial charge is 0.326 e. The van der Waals surface area contributed by atoms with E-state index in [9.17, 15) is 22.9 Å². The van der Waals surface area contributed by atoms with Crippen LogP contribution in [0.25, 0.3) is 17.0 Å². The fourth-order valence-corrected chi connectivity index (χ4v) is 5.48. The highest BCUT2D eigenvalue weighted by molar-refractivity contribution is 7.90. The number of carbonyl (C=O) groups is 1. The molecule has 4 aromatic rings. The zero-order chi connectivity index (χ0) is 27.6. The summed E-state index contributed by atoms with van der Waals surface area (Å²) in [5.41, 5.74) is 4.66. The van der Waals surface area contributed by atoms with Gasteiger partial charge in [-0.1, -0.05) is 24.3 Å². The van der Waals surface area contributed by atoms with E-state index < -0.39 is 15.8 Å². The Morgan fingerprint density at radius 1 is 1.18 bits per heavy atom. The van der Waals surface area contributed by atoms with Crippen LogP contribution in [-0.2, 0) is 29.3 Å². The molecular weight excluding hydrogens is 517 g/mol. The Balaban J connectivity index is 1.36. The number of fused-ring (bicyclic) bond motifs is 3. The van der Waals surface area contributed by atoms with Gasteiger partial charge in [-0.25, -0.2) is 18.2 Å². The first-order valence-electron chi connectivity index (χ1n) is 12.4. The van der Waals surface area contributed by atoms with Crippen molar-refractivity contribution in [1.82, 2.24) is 19.8 Å². The summed E-state index contributed by atoms with van der Waals surface area (Å²) in [5, 5.41) is 13.2. The van der Waals surface area contributed by atoms with E-state index in [-0.39, 0.29) is 17.5 Å². The standard InChI is InChI=1S/C29H26FN5O3S/c1-39(37,38)23-7-4-20(5-8-23)3-2-13-34-14-11-27-25(19-34)24-15-21(17-31)6-9-26(24)35(27)29(36)33-18-22-10-12-32-28(30)16-22/h2-10,12,15-16H,11,13-14,18-19H2,1H3,(H,33,36)/b3-2+. The molecule has 0 fully saturated rings. The third kappa shape index (κ3) is 5.74. The number of sulfone groups is 1. The number of rotatable bonds is 6. The number of hydrogen-bond donors (Lipinski definition) is 1. The Morgan fingerprint density at radius 2 is 1.97 bits per heavy atom. The zero-order valence-corrected chi connectivity index (χ0v) is 22.1. The fourth-order valence-electron chi connectivity index (χ4n) is 4.84. The van der Waals surface area contributed by atoms with Gasteiger partial charge >= 0.3 is 6.03 Å². The summed E-state index contributed by atoms with van der Waals surface area (Å²) in [6.07, 6.45) is 7.17. The minimum Gasteiger partial charge on any atom is -0.333 e. The Hall–Kier alpha value is -4.33. The van der Waals surface area contributed by atoms with Crippen molar-refractivity contribution in [2.24, 2.45) is 0 Å². The lowest BCUT2D eigenvalue weighted by Gasteiger charge is -2.27. The van der Waals surface area contributed by atoms with Crippen LogP contribution < -0.4 is 5.32 Å². The summed E-state index contributed by atoms with van der Waals surface area (Å²) in [6.45, 7) is 2.16. The Labute approximate surface area is 225 Å². The number of aromatic nitrogens is 2. The predicted octanol–water partition coefficient (Wildman–Crippen LogP) is 4.28. The third-order valence-corrected chi connectivity index (χ3v) is 7.90. The van der Waals surface area contributed by atoms with Crippen molar-refractivity contribution in [1.29, 1.82) is 5.26 Å². The number of benzene rings is 2. The first kappa shape index (κ1) is 26.3. The van der Waals surface area contributed by atoms with E-state index in [4.69, 9.17) is 0 Å². The highest BCUT2D eigenvalue weighted by Crippen LogP contribution is 2.31. The Bertz CT molecular complexity index is 1740. The molecule has 1 aliphatic heterocycles. The topological polar surface area (TPSA) is 108 Å². The number of nitrogens with one attached hydrogen (secondary N) is 1. The molecule has 0 saturated carbocycles. The maximum Gasteiger partial charge on any atom is 0.326 e. The van der Waals surface area contributed by atoms with Gasteiger partial charge in [-0.05, 0) is 59.2 Å². The average molecular weight is 544 g/mol. The van der Waals surface area contributed by atoms with E-state index in [0.29, 0.717) is 30.6 Å². The molecule has 2 aromatic carbocycles. The molecule has 5 rings (SSSR count). The molecule has 0 spiro atoms. The molecule has 0 aliphatic carbocycles. The van der Waals surface area contributed by atoms with Crippen molar-refractivity contribution in [3.8, 4) is 6.07 Å². The van der Waals surface area contributed by atoms with Crippen LogP contribution in [-0.4, -0.2) is 48.2 Å². The molecule has 10 heteroatoms. The molecule has 0 radical (unpaired) electrons. The van der Waals surface area contributed by atoms with Gasteiger partial charge in [-0.3, -0.25) is 9.47 Å². The lowest BCUT2D eigenvalue weighted by Crippen LogP contribution is -2.34. The van der Waals surface area contributed by atoms with Crippen LogP contribution in [0.4, 0.5) is 9.18 Å².